The summed E-state index contributed by atoms with van der Waals surface area (Å²) in [7, 11) is 0. The number of aryl methyl sites for hydroxylation is 2. The van der Waals surface area contributed by atoms with E-state index in [9.17, 15) is 5.26 Å². The van der Waals surface area contributed by atoms with E-state index in [2.05, 4.69) is 74.3 Å². The lowest BCUT2D eigenvalue weighted by Crippen LogP contribution is -2.13. The lowest BCUT2D eigenvalue weighted by molar-refractivity contribution is 0.685. The molecule has 26 heavy (non-hydrogen) atoms. The third kappa shape index (κ3) is 4.61. The molecule has 0 radical (unpaired) electrons. The van der Waals surface area contributed by atoms with Crippen LogP contribution in [-0.2, 0) is 6.42 Å². The lowest BCUT2D eigenvalue weighted by Gasteiger charge is -2.18. The molecule has 3 nitrogen and oxygen atoms in total. The molecule has 0 aromatic heterocycles. The van der Waals surface area contributed by atoms with Gasteiger partial charge in [-0.15, -0.1) is 0 Å². The Labute approximate surface area is 157 Å². The van der Waals surface area contributed by atoms with E-state index in [-0.39, 0.29) is 5.92 Å². The normalized spacial score (nSPS) is 12.0. The zero-order valence-corrected chi connectivity index (χ0v) is 16.1. The van der Waals surface area contributed by atoms with Gasteiger partial charge in [-0.25, -0.2) is 0 Å². The monoisotopic (exact) mass is 345 g/mol. The molecule has 0 fully saturated rings. The number of allylic oxidation sites excluding steroid dienone is 1. The van der Waals surface area contributed by atoms with Crippen LogP contribution in [0.5, 0.6) is 0 Å². The zero-order chi connectivity index (χ0) is 19.1. The standard InChI is InChI=1S/C23H27N3/c1-6-20-12-19(13-22(14-24)17(20)4)15-25-26-18(5)23(7-2)21-10-8-16(3)9-11-21/h8-13,15,23,26H,5-7H2,1-4H3/b25-15+. The quantitative estimate of drug-likeness (QED) is 0.542. The lowest BCUT2D eigenvalue weighted by atomic mass is 9.93. The van der Waals surface area contributed by atoms with Gasteiger partial charge in [-0.3, -0.25) is 5.43 Å². The van der Waals surface area contributed by atoms with Gasteiger partial charge < -0.3 is 0 Å². The summed E-state index contributed by atoms with van der Waals surface area (Å²) in [5.41, 5.74) is 10.3. The molecule has 0 saturated carbocycles. The number of nitriles is 1. The Kier molecular flexibility index (Phi) is 6.74. The second-order valence-corrected chi connectivity index (χ2v) is 6.58. The zero-order valence-electron chi connectivity index (χ0n) is 16.1. The fourth-order valence-corrected chi connectivity index (χ4v) is 3.11. The maximum atomic E-state index is 9.30. The van der Waals surface area contributed by atoms with E-state index in [0.29, 0.717) is 5.56 Å². The van der Waals surface area contributed by atoms with Gasteiger partial charge >= 0.3 is 0 Å². The first kappa shape index (κ1) is 19.5. The molecule has 0 aliphatic rings. The van der Waals surface area contributed by atoms with E-state index >= 15 is 0 Å². The fourth-order valence-electron chi connectivity index (χ4n) is 3.11. The van der Waals surface area contributed by atoms with Crippen LogP contribution in [-0.4, -0.2) is 6.21 Å². The van der Waals surface area contributed by atoms with E-state index in [1.165, 1.54) is 16.7 Å². The molecule has 1 unspecified atom stereocenters. The van der Waals surface area contributed by atoms with Gasteiger partial charge in [0.15, 0.2) is 0 Å². The number of rotatable bonds is 7. The molecule has 134 valence electrons. The highest BCUT2D eigenvalue weighted by Crippen LogP contribution is 2.25. The molecule has 0 spiro atoms. The van der Waals surface area contributed by atoms with Crippen LogP contribution in [0, 0.1) is 25.2 Å². The highest BCUT2D eigenvalue weighted by Gasteiger charge is 2.12. The van der Waals surface area contributed by atoms with Gasteiger partial charge in [0.2, 0.25) is 0 Å². The number of benzene rings is 2. The molecule has 2 aromatic rings. The summed E-state index contributed by atoms with van der Waals surface area (Å²) in [6.45, 7) is 12.5. The molecular weight excluding hydrogens is 318 g/mol. The molecule has 1 atom stereocenters. The van der Waals surface area contributed by atoms with Gasteiger partial charge in [-0.05, 0) is 61.1 Å². The Hall–Kier alpha value is -2.86. The smallest absolute Gasteiger partial charge is 0.0994 e. The van der Waals surface area contributed by atoms with Crippen molar-refractivity contribution in [2.24, 2.45) is 5.10 Å². The first-order chi connectivity index (χ1) is 12.5. The Morgan fingerprint density at radius 3 is 2.50 bits per heavy atom. The van der Waals surface area contributed by atoms with Crippen LogP contribution in [0.2, 0.25) is 0 Å². The minimum atomic E-state index is 0.214. The first-order valence-corrected chi connectivity index (χ1v) is 9.08. The second kappa shape index (κ2) is 9.01. The van der Waals surface area contributed by atoms with Crippen molar-refractivity contribution < 1.29 is 0 Å². The summed E-state index contributed by atoms with van der Waals surface area (Å²) in [4.78, 5) is 0. The first-order valence-electron chi connectivity index (χ1n) is 9.08. The van der Waals surface area contributed by atoms with E-state index in [1.54, 1.807) is 6.21 Å². The molecule has 2 aromatic carbocycles. The van der Waals surface area contributed by atoms with Crippen molar-refractivity contribution in [3.8, 4) is 6.07 Å². The predicted molar refractivity (Wildman–Crippen MR) is 109 cm³/mol. The fraction of sp³-hybridized carbons (Fsp3) is 0.304. The molecule has 0 amide bonds. The van der Waals surface area contributed by atoms with Gasteiger partial charge in [0, 0.05) is 11.6 Å². The van der Waals surface area contributed by atoms with Crippen LogP contribution < -0.4 is 5.43 Å². The molecule has 0 aliphatic carbocycles. The molecular formula is C23H27N3. The Morgan fingerprint density at radius 2 is 1.92 bits per heavy atom. The van der Waals surface area contributed by atoms with Crippen molar-refractivity contribution in [3.05, 3.63) is 82.1 Å². The average molecular weight is 345 g/mol. The van der Waals surface area contributed by atoms with Gasteiger partial charge in [-0.1, -0.05) is 50.3 Å². The summed E-state index contributed by atoms with van der Waals surface area (Å²) < 4.78 is 0. The molecule has 0 heterocycles. The number of nitrogens with one attached hydrogen (secondary N) is 1. The summed E-state index contributed by atoms with van der Waals surface area (Å²) in [6, 6.07) is 14.8. The molecule has 3 heteroatoms. The van der Waals surface area contributed by atoms with Crippen LogP contribution in [0.4, 0.5) is 0 Å². The second-order valence-electron chi connectivity index (χ2n) is 6.58. The van der Waals surface area contributed by atoms with Gasteiger partial charge in [-0.2, -0.15) is 10.4 Å². The average Bonchev–Trinajstić information content (AvgIpc) is 2.65. The number of nitrogens with zero attached hydrogens (tertiary/aromatic N) is 2. The van der Waals surface area contributed by atoms with Gasteiger partial charge in [0.25, 0.3) is 0 Å². The maximum absolute atomic E-state index is 9.30. The van der Waals surface area contributed by atoms with E-state index < -0.39 is 0 Å². The van der Waals surface area contributed by atoms with Crippen molar-refractivity contribution in [1.29, 1.82) is 5.26 Å². The minimum absolute atomic E-state index is 0.214. The van der Waals surface area contributed by atoms with Crippen molar-refractivity contribution in [2.45, 2.75) is 46.5 Å². The Balaban J connectivity index is 2.13. The molecule has 2 rings (SSSR count). The van der Waals surface area contributed by atoms with E-state index in [1.807, 2.05) is 13.0 Å². The molecule has 0 bridgehead atoms. The Bertz CT molecular complexity index is 839. The van der Waals surface area contributed by atoms with Crippen molar-refractivity contribution in [2.75, 3.05) is 0 Å². The van der Waals surface area contributed by atoms with Crippen molar-refractivity contribution in [1.82, 2.24) is 5.43 Å². The Morgan fingerprint density at radius 1 is 1.23 bits per heavy atom. The van der Waals surface area contributed by atoms with Crippen LogP contribution in [0.25, 0.3) is 0 Å². The van der Waals surface area contributed by atoms with Crippen LogP contribution >= 0.6 is 0 Å². The third-order valence-corrected chi connectivity index (χ3v) is 4.77. The van der Waals surface area contributed by atoms with Crippen LogP contribution in [0.15, 0.2) is 53.8 Å². The summed E-state index contributed by atoms with van der Waals surface area (Å²) in [6.07, 6.45) is 3.60. The summed E-state index contributed by atoms with van der Waals surface area (Å²) >= 11 is 0. The largest absolute Gasteiger partial charge is 0.283 e. The molecule has 1 N–H and O–H groups in total. The molecule has 0 aliphatic heterocycles. The van der Waals surface area contributed by atoms with E-state index in [4.69, 9.17) is 0 Å². The number of hydrogen-bond donors (Lipinski definition) is 1. The van der Waals surface area contributed by atoms with E-state index in [0.717, 1.165) is 29.7 Å². The maximum Gasteiger partial charge on any atom is 0.0994 e. The van der Waals surface area contributed by atoms with Gasteiger partial charge in [0.1, 0.15) is 0 Å². The number of hydrazone groups is 1. The van der Waals surface area contributed by atoms with Gasteiger partial charge in [0.05, 0.1) is 17.8 Å². The number of hydrogen-bond acceptors (Lipinski definition) is 3. The van der Waals surface area contributed by atoms with Crippen LogP contribution in [0.3, 0.4) is 0 Å². The third-order valence-electron chi connectivity index (χ3n) is 4.77. The summed E-state index contributed by atoms with van der Waals surface area (Å²) in [5.74, 6) is 0.214. The molecule has 0 saturated heterocycles. The highest BCUT2D eigenvalue weighted by molar-refractivity contribution is 5.81. The topological polar surface area (TPSA) is 48.2 Å². The van der Waals surface area contributed by atoms with Crippen molar-refractivity contribution >= 4 is 6.21 Å². The summed E-state index contributed by atoms with van der Waals surface area (Å²) in [5, 5.41) is 13.7. The van der Waals surface area contributed by atoms with Crippen molar-refractivity contribution in [3.63, 3.8) is 0 Å². The SMILES string of the molecule is C=C(N/N=C/c1cc(C#N)c(C)c(CC)c1)C(CC)c1ccc(C)cc1. The van der Waals surface area contributed by atoms with Crippen LogP contribution in [0.1, 0.15) is 59.6 Å². The highest BCUT2D eigenvalue weighted by atomic mass is 15.3. The predicted octanol–water partition coefficient (Wildman–Crippen LogP) is 5.37. The minimum Gasteiger partial charge on any atom is -0.283 e.